The minimum Gasteiger partial charge on any atom is -0.394 e. The first-order valence-electron chi connectivity index (χ1n) is 5.39. The van der Waals surface area contributed by atoms with Crippen molar-refractivity contribution in [2.24, 2.45) is 5.92 Å². The summed E-state index contributed by atoms with van der Waals surface area (Å²) in [6.45, 7) is -0.235. The van der Waals surface area contributed by atoms with Crippen molar-refractivity contribution in [1.29, 1.82) is 0 Å². The number of nitrogens with zero attached hydrogens (tertiary/aromatic N) is 1. The van der Waals surface area contributed by atoms with Crippen LogP contribution >= 0.6 is 0 Å². The molecule has 0 amide bonds. The lowest BCUT2D eigenvalue weighted by atomic mass is 10.1. The van der Waals surface area contributed by atoms with Crippen LogP contribution in [0.5, 0.6) is 0 Å². The largest absolute Gasteiger partial charge is 0.394 e. The minimum absolute atomic E-state index is 0.184. The number of aliphatic hydroxyl groups is 2. The lowest BCUT2D eigenvalue weighted by molar-refractivity contribution is -0.0370. The highest BCUT2D eigenvalue weighted by atomic mass is 16.5. The third kappa shape index (κ3) is 1.47. The molecule has 0 spiro atoms. The Labute approximate surface area is 95.3 Å². The summed E-state index contributed by atoms with van der Waals surface area (Å²) in [6.07, 6.45) is -0.201. The molecule has 92 valence electrons. The van der Waals surface area contributed by atoms with Gasteiger partial charge in [0.25, 0.3) is 5.56 Å². The predicted molar refractivity (Wildman–Crippen MR) is 55.6 cm³/mol. The van der Waals surface area contributed by atoms with Gasteiger partial charge in [0, 0.05) is 18.2 Å². The summed E-state index contributed by atoms with van der Waals surface area (Å²) in [5, 5.41) is 18.7. The zero-order valence-electron chi connectivity index (χ0n) is 8.81. The maximum atomic E-state index is 11.5. The van der Waals surface area contributed by atoms with Gasteiger partial charge in [-0.2, -0.15) is 0 Å². The van der Waals surface area contributed by atoms with Gasteiger partial charge in [-0.05, 0) is 0 Å². The number of hydrogen-bond acceptors (Lipinski definition) is 5. The van der Waals surface area contributed by atoms with Crippen LogP contribution < -0.4 is 11.2 Å². The summed E-state index contributed by atoms with van der Waals surface area (Å²) in [6, 6.07) is 1.00. The fraction of sp³-hybridized carbons (Fsp3) is 0.600. The Morgan fingerprint density at radius 1 is 1.47 bits per heavy atom. The van der Waals surface area contributed by atoms with Gasteiger partial charge in [0.05, 0.1) is 24.9 Å². The monoisotopic (exact) mass is 240 g/mol. The molecule has 5 atom stereocenters. The number of H-pyrrole nitrogens is 1. The molecule has 1 aromatic heterocycles. The van der Waals surface area contributed by atoms with Crippen molar-refractivity contribution in [3.8, 4) is 0 Å². The maximum absolute atomic E-state index is 11.5. The van der Waals surface area contributed by atoms with Gasteiger partial charge in [-0.25, -0.2) is 4.79 Å². The van der Waals surface area contributed by atoms with Gasteiger partial charge in [0.1, 0.15) is 6.10 Å². The average Bonchev–Trinajstić information content (AvgIpc) is 2.89. The van der Waals surface area contributed by atoms with E-state index in [-0.39, 0.29) is 24.7 Å². The standard InChI is InChI=1S/C10H12N2O5/c13-3-4-8(15)6-7(9(6)17-4)12-2-1-5(14)11-10(12)16/h1-2,4,6-9,13,15H,3H2,(H,11,14,16)/t4-,6?,7+,8?,9?/m0/s1. The fourth-order valence-corrected chi connectivity index (χ4v) is 2.54. The average molecular weight is 240 g/mol. The second kappa shape index (κ2) is 3.52. The molecule has 0 aromatic carbocycles. The molecule has 1 aliphatic heterocycles. The second-order valence-electron chi connectivity index (χ2n) is 4.40. The highest BCUT2D eigenvalue weighted by Crippen LogP contribution is 2.54. The number of aromatic nitrogens is 2. The van der Waals surface area contributed by atoms with E-state index in [1.807, 2.05) is 0 Å². The Balaban J connectivity index is 1.87. The van der Waals surface area contributed by atoms with Crippen LogP contribution in [0.25, 0.3) is 0 Å². The molecule has 1 aromatic rings. The number of ether oxygens (including phenoxy) is 1. The summed E-state index contributed by atoms with van der Waals surface area (Å²) < 4.78 is 6.75. The third-order valence-corrected chi connectivity index (χ3v) is 3.43. The van der Waals surface area contributed by atoms with Crippen molar-refractivity contribution in [2.45, 2.75) is 24.4 Å². The maximum Gasteiger partial charge on any atom is 0.328 e. The molecule has 7 nitrogen and oxygen atoms in total. The fourth-order valence-electron chi connectivity index (χ4n) is 2.54. The van der Waals surface area contributed by atoms with Crippen molar-refractivity contribution in [1.82, 2.24) is 9.55 Å². The number of fused-ring (bicyclic) bond motifs is 1. The van der Waals surface area contributed by atoms with E-state index in [0.29, 0.717) is 0 Å². The molecule has 7 heteroatoms. The molecule has 3 rings (SSSR count). The minimum atomic E-state index is -0.770. The predicted octanol–water partition coefficient (Wildman–Crippen LogP) is -2.17. The highest BCUT2D eigenvalue weighted by molar-refractivity contribution is 5.14. The summed E-state index contributed by atoms with van der Waals surface area (Å²) in [7, 11) is 0. The third-order valence-electron chi connectivity index (χ3n) is 3.43. The highest BCUT2D eigenvalue weighted by Gasteiger charge is 2.64. The lowest BCUT2D eigenvalue weighted by Crippen LogP contribution is -2.34. The Morgan fingerprint density at radius 2 is 2.24 bits per heavy atom. The smallest absolute Gasteiger partial charge is 0.328 e. The van der Waals surface area contributed by atoms with E-state index in [1.54, 1.807) is 0 Å². The van der Waals surface area contributed by atoms with Crippen molar-refractivity contribution >= 4 is 0 Å². The first-order chi connectivity index (χ1) is 8.13. The van der Waals surface area contributed by atoms with Gasteiger partial charge in [0.2, 0.25) is 0 Å². The van der Waals surface area contributed by atoms with E-state index in [0.717, 1.165) is 0 Å². The van der Waals surface area contributed by atoms with Gasteiger partial charge in [-0.1, -0.05) is 0 Å². The molecule has 3 N–H and O–H groups in total. The Hall–Kier alpha value is -1.44. The summed E-state index contributed by atoms with van der Waals surface area (Å²) >= 11 is 0. The molecule has 0 bridgehead atoms. The van der Waals surface area contributed by atoms with Gasteiger partial charge in [-0.15, -0.1) is 0 Å². The summed E-state index contributed by atoms with van der Waals surface area (Å²) in [5.41, 5.74) is -0.958. The van der Waals surface area contributed by atoms with Crippen LogP contribution in [0.4, 0.5) is 0 Å². The molecular formula is C10H12N2O5. The Kier molecular flexibility index (Phi) is 2.22. The number of aliphatic hydroxyl groups excluding tert-OH is 2. The van der Waals surface area contributed by atoms with E-state index >= 15 is 0 Å². The van der Waals surface area contributed by atoms with Gasteiger partial charge in [0.15, 0.2) is 0 Å². The van der Waals surface area contributed by atoms with Crippen molar-refractivity contribution in [3.05, 3.63) is 33.1 Å². The molecule has 2 fully saturated rings. The zero-order valence-corrected chi connectivity index (χ0v) is 8.81. The first-order valence-corrected chi connectivity index (χ1v) is 5.39. The number of nitrogens with one attached hydrogen (secondary N) is 1. The molecule has 2 aliphatic rings. The topological polar surface area (TPSA) is 105 Å². The Bertz CT molecular complexity index is 550. The van der Waals surface area contributed by atoms with Gasteiger partial charge >= 0.3 is 5.69 Å². The van der Waals surface area contributed by atoms with Crippen LogP contribution in [0.15, 0.2) is 21.9 Å². The lowest BCUT2D eigenvalue weighted by Gasteiger charge is -2.17. The quantitative estimate of drug-likeness (QED) is 0.545. The first kappa shape index (κ1) is 10.7. The zero-order chi connectivity index (χ0) is 12.2. The second-order valence-corrected chi connectivity index (χ2v) is 4.40. The van der Waals surface area contributed by atoms with E-state index in [9.17, 15) is 14.7 Å². The summed E-state index contributed by atoms with van der Waals surface area (Å²) in [5.74, 6) is -0.184. The number of hydrogen-bond donors (Lipinski definition) is 3. The van der Waals surface area contributed by atoms with Crippen LogP contribution in [0.2, 0.25) is 0 Å². The van der Waals surface area contributed by atoms with Crippen molar-refractivity contribution < 1.29 is 14.9 Å². The van der Waals surface area contributed by atoms with E-state index < -0.39 is 23.5 Å². The van der Waals surface area contributed by atoms with Gasteiger partial charge in [-0.3, -0.25) is 14.3 Å². The van der Waals surface area contributed by atoms with Crippen LogP contribution in [0.3, 0.4) is 0 Å². The van der Waals surface area contributed by atoms with E-state index in [4.69, 9.17) is 9.84 Å². The molecule has 1 saturated heterocycles. The molecule has 3 unspecified atom stereocenters. The number of aromatic amines is 1. The summed E-state index contributed by atoms with van der Waals surface area (Å²) in [4.78, 5) is 24.6. The molecule has 0 radical (unpaired) electrons. The molecule has 2 heterocycles. The number of rotatable bonds is 2. The molecule has 17 heavy (non-hydrogen) atoms. The molecule has 1 aliphatic carbocycles. The van der Waals surface area contributed by atoms with Gasteiger partial charge < -0.3 is 14.9 Å². The van der Waals surface area contributed by atoms with E-state index in [2.05, 4.69) is 4.98 Å². The Morgan fingerprint density at radius 3 is 2.76 bits per heavy atom. The molecular weight excluding hydrogens is 228 g/mol. The van der Waals surface area contributed by atoms with Crippen LogP contribution in [0.1, 0.15) is 6.04 Å². The van der Waals surface area contributed by atoms with Crippen LogP contribution in [-0.4, -0.2) is 44.7 Å². The van der Waals surface area contributed by atoms with Crippen molar-refractivity contribution in [3.63, 3.8) is 0 Å². The van der Waals surface area contributed by atoms with Crippen LogP contribution in [-0.2, 0) is 4.74 Å². The van der Waals surface area contributed by atoms with E-state index in [1.165, 1.54) is 16.8 Å². The molecule has 1 saturated carbocycles. The normalized spacial score (nSPS) is 39.1. The van der Waals surface area contributed by atoms with Crippen molar-refractivity contribution in [2.75, 3.05) is 6.61 Å². The SMILES string of the molecule is O=c1ccn([C@H]2C3O[C@@H](CO)C(O)C32)c(=O)[nH]1. The van der Waals surface area contributed by atoms with Crippen LogP contribution in [0, 0.1) is 5.92 Å².